The standard InChI is InChI=1S/C23H24ClN5O3/c1-28-22(12-17(27-28)16-7-6-15(24)11-20(16)31-2)26-23(30)32-13-14-5-8-19-18(10-14)25-21-4-3-9-29(19)21/h5-8,10-12,23,26,30H,3-4,9,13H2,1-2H3. The topological polar surface area (TPSA) is 86.4 Å². The number of anilines is 1. The number of benzene rings is 2. The van der Waals surface area contributed by atoms with Crippen LogP contribution in [0, 0.1) is 0 Å². The molecule has 0 amide bonds. The van der Waals surface area contributed by atoms with Crippen molar-refractivity contribution < 1.29 is 14.6 Å². The summed E-state index contributed by atoms with van der Waals surface area (Å²) in [4.78, 5) is 4.71. The van der Waals surface area contributed by atoms with Crippen molar-refractivity contribution in [2.45, 2.75) is 32.4 Å². The number of halogens is 1. The third-order valence-corrected chi connectivity index (χ3v) is 5.91. The van der Waals surface area contributed by atoms with Gasteiger partial charge in [-0.25, -0.2) is 4.98 Å². The number of aliphatic hydroxyl groups is 1. The predicted octanol–water partition coefficient (Wildman–Crippen LogP) is 3.95. The monoisotopic (exact) mass is 453 g/mol. The number of methoxy groups -OCH3 is 1. The molecule has 32 heavy (non-hydrogen) atoms. The summed E-state index contributed by atoms with van der Waals surface area (Å²) in [7, 11) is 3.37. The van der Waals surface area contributed by atoms with Gasteiger partial charge in [0, 0.05) is 36.7 Å². The molecule has 2 N–H and O–H groups in total. The van der Waals surface area contributed by atoms with Gasteiger partial charge >= 0.3 is 0 Å². The fraction of sp³-hybridized carbons (Fsp3) is 0.304. The van der Waals surface area contributed by atoms with Gasteiger partial charge in [-0.1, -0.05) is 17.7 Å². The van der Waals surface area contributed by atoms with Crippen molar-refractivity contribution >= 4 is 28.5 Å². The van der Waals surface area contributed by atoms with E-state index in [9.17, 15) is 5.11 Å². The Morgan fingerprint density at radius 1 is 1.22 bits per heavy atom. The van der Waals surface area contributed by atoms with Gasteiger partial charge in [-0.3, -0.25) is 4.68 Å². The van der Waals surface area contributed by atoms with Crippen LogP contribution in [-0.4, -0.2) is 38.0 Å². The van der Waals surface area contributed by atoms with Crippen molar-refractivity contribution in [3.05, 3.63) is 58.9 Å². The molecule has 0 radical (unpaired) electrons. The molecule has 0 fully saturated rings. The van der Waals surface area contributed by atoms with Crippen molar-refractivity contribution in [1.82, 2.24) is 19.3 Å². The van der Waals surface area contributed by atoms with E-state index >= 15 is 0 Å². The number of hydrogen-bond acceptors (Lipinski definition) is 6. The molecule has 1 unspecified atom stereocenters. The molecule has 4 aromatic rings. The molecule has 2 aromatic heterocycles. The number of aliphatic hydroxyl groups excluding tert-OH is 1. The first-order chi connectivity index (χ1) is 15.5. The predicted molar refractivity (Wildman–Crippen MR) is 123 cm³/mol. The maximum atomic E-state index is 10.4. The molecule has 0 saturated carbocycles. The summed E-state index contributed by atoms with van der Waals surface area (Å²) in [6.45, 7) is 1.28. The molecule has 1 aliphatic rings. The smallest absolute Gasteiger partial charge is 0.236 e. The van der Waals surface area contributed by atoms with E-state index in [4.69, 9.17) is 26.1 Å². The van der Waals surface area contributed by atoms with Crippen LogP contribution in [0.3, 0.4) is 0 Å². The van der Waals surface area contributed by atoms with Crippen LogP contribution in [0.25, 0.3) is 22.3 Å². The Bertz CT molecular complexity index is 1280. The van der Waals surface area contributed by atoms with Crippen LogP contribution < -0.4 is 10.1 Å². The second kappa shape index (κ2) is 8.46. The SMILES string of the molecule is COc1cc(Cl)ccc1-c1cc(NC(O)OCc2ccc3c(c2)nc2n3CCC2)n(C)n1. The van der Waals surface area contributed by atoms with Crippen molar-refractivity contribution in [2.24, 2.45) is 7.05 Å². The lowest BCUT2D eigenvalue weighted by atomic mass is 10.1. The lowest BCUT2D eigenvalue weighted by molar-refractivity contribution is -0.0875. The minimum atomic E-state index is -1.20. The summed E-state index contributed by atoms with van der Waals surface area (Å²) in [6.07, 6.45) is 0.979. The van der Waals surface area contributed by atoms with Gasteiger partial charge in [-0.2, -0.15) is 5.10 Å². The largest absolute Gasteiger partial charge is 0.496 e. The van der Waals surface area contributed by atoms with E-state index in [-0.39, 0.29) is 6.61 Å². The fourth-order valence-corrected chi connectivity index (χ4v) is 4.27. The van der Waals surface area contributed by atoms with Crippen LogP contribution >= 0.6 is 11.6 Å². The molecule has 0 spiro atoms. The van der Waals surface area contributed by atoms with Gasteiger partial charge in [0.25, 0.3) is 0 Å². The Morgan fingerprint density at radius 2 is 2.09 bits per heavy atom. The van der Waals surface area contributed by atoms with Crippen molar-refractivity contribution in [1.29, 1.82) is 0 Å². The van der Waals surface area contributed by atoms with E-state index in [1.807, 2.05) is 24.3 Å². The Balaban J connectivity index is 1.26. The highest BCUT2D eigenvalue weighted by molar-refractivity contribution is 6.30. The molecule has 0 bridgehead atoms. The second-order valence-corrected chi connectivity index (χ2v) is 8.23. The van der Waals surface area contributed by atoms with E-state index in [2.05, 4.69) is 21.0 Å². The summed E-state index contributed by atoms with van der Waals surface area (Å²) < 4.78 is 14.9. The summed E-state index contributed by atoms with van der Waals surface area (Å²) in [5, 5.41) is 18.4. The van der Waals surface area contributed by atoms with E-state index in [0.29, 0.717) is 22.3 Å². The van der Waals surface area contributed by atoms with Gasteiger partial charge in [0.05, 0.1) is 30.4 Å². The van der Waals surface area contributed by atoms with Gasteiger partial charge in [-0.05, 0) is 42.3 Å². The normalized spacial score (nSPS) is 14.0. The van der Waals surface area contributed by atoms with Gasteiger partial charge in [0.2, 0.25) is 6.41 Å². The number of hydrogen-bond donors (Lipinski definition) is 2. The first kappa shape index (κ1) is 20.8. The zero-order chi connectivity index (χ0) is 22.2. The number of rotatable bonds is 7. The molecule has 3 heterocycles. The van der Waals surface area contributed by atoms with E-state index in [0.717, 1.165) is 47.4 Å². The third-order valence-electron chi connectivity index (χ3n) is 5.67. The Labute approximate surface area is 190 Å². The van der Waals surface area contributed by atoms with E-state index in [1.54, 1.807) is 31.0 Å². The zero-order valence-corrected chi connectivity index (χ0v) is 18.6. The molecule has 1 aliphatic heterocycles. The molecule has 9 heteroatoms. The maximum absolute atomic E-state index is 10.4. The summed E-state index contributed by atoms with van der Waals surface area (Å²) in [5.74, 6) is 2.37. The molecule has 5 rings (SSSR count). The van der Waals surface area contributed by atoms with E-state index < -0.39 is 6.41 Å². The highest BCUT2D eigenvalue weighted by atomic mass is 35.5. The van der Waals surface area contributed by atoms with Crippen LogP contribution in [0.1, 0.15) is 17.8 Å². The van der Waals surface area contributed by atoms with Crippen molar-refractivity contribution in [3.8, 4) is 17.0 Å². The minimum absolute atomic E-state index is 0.252. The molecular weight excluding hydrogens is 430 g/mol. The Kier molecular flexibility index (Phi) is 5.50. The molecule has 1 atom stereocenters. The lowest BCUT2D eigenvalue weighted by Crippen LogP contribution is -2.23. The van der Waals surface area contributed by atoms with Gasteiger partial charge < -0.3 is 24.5 Å². The van der Waals surface area contributed by atoms with Gasteiger partial charge in [0.15, 0.2) is 0 Å². The quantitative estimate of drug-likeness (QED) is 0.412. The fourth-order valence-electron chi connectivity index (χ4n) is 4.10. The average Bonchev–Trinajstić information content (AvgIpc) is 3.47. The molecule has 0 aliphatic carbocycles. The Morgan fingerprint density at radius 3 is 2.94 bits per heavy atom. The number of ether oxygens (including phenoxy) is 2. The Hall–Kier alpha value is -3.07. The highest BCUT2D eigenvalue weighted by Gasteiger charge is 2.17. The number of aromatic nitrogens is 4. The molecular formula is C23H24ClN5O3. The van der Waals surface area contributed by atoms with Crippen molar-refractivity contribution in [3.63, 3.8) is 0 Å². The third kappa shape index (κ3) is 3.92. The van der Waals surface area contributed by atoms with Gasteiger partial charge in [-0.15, -0.1) is 0 Å². The van der Waals surface area contributed by atoms with Crippen LogP contribution in [0.4, 0.5) is 5.82 Å². The highest BCUT2D eigenvalue weighted by Crippen LogP contribution is 2.33. The summed E-state index contributed by atoms with van der Waals surface area (Å²) in [6, 6.07) is 13.3. The average molecular weight is 454 g/mol. The first-order valence-electron chi connectivity index (χ1n) is 10.4. The minimum Gasteiger partial charge on any atom is -0.496 e. The zero-order valence-electron chi connectivity index (χ0n) is 17.9. The first-order valence-corrected chi connectivity index (χ1v) is 10.8. The van der Waals surface area contributed by atoms with E-state index in [1.165, 1.54) is 0 Å². The molecule has 2 aromatic carbocycles. The van der Waals surface area contributed by atoms with Crippen LogP contribution in [0.5, 0.6) is 5.75 Å². The number of nitrogens with zero attached hydrogens (tertiary/aromatic N) is 4. The summed E-state index contributed by atoms with van der Waals surface area (Å²) in [5.41, 5.74) is 4.56. The van der Waals surface area contributed by atoms with Crippen LogP contribution in [-0.2, 0) is 31.4 Å². The number of nitrogens with one attached hydrogen (secondary N) is 1. The maximum Gasteiger partial charge on any atom is 0.236 e. The number of fused-ring (bicyclic) bond motifs is 3. The van der Waals surface area contributed by atoms with Crippen molar-refractivity contribution in [2.75, 3.05) is 12.4 Å². The van der Waals surface area contributed by atoms with Gasteiger partial charge in [0.1, 0.15) is 17.4 Å². The lowest BCUT2D eigenvalue weighted by Gasteiger charge is -2.14. The molecule has 8 nitrogen and oxygen atoms in total. The summed E-state index contributed by atoms with van der Waals surface area (Å²) >= 11 is 6.05. The molecule has 0 saturated heterocycles. The molecule has 166 valence electrons. The number of aryl methyl sites for hydroxylation is 3. The van der Waals surface area contributed by atoms with Crippen LogP contribution in [0.15, 0.2) is 42.5 Å². The number of imidazole rings is 1. The second-order valence-electron chi connectivity index (χ2n) is 7.80. The van der Waals surface area contributed by atoms with Crippen LogP contribution in [0.2, 0.25) is 5.02 Å².